The topological polar surface area (TPSA) is 38.3 Å². The molecular formula is C13H19NO2. The first-order valence-corrected chi connectivity index (χ1v) is 5.49. The molecule has 0 bridgehead atoms. The number of benzene rings is 1. The number of hydrogen-bond acceptors (Lipinski definition) is 2. The number of nitrogens with one attached hydrogen (secondary N) is 1. The Morgan fingerprint density at radius 3 is 2.19 bits per heavy atom. The van der Waals surface area contributed by atoms with Gasteiger partial charge in [0.25, 0.3) is 0 Å². The minimum Gasteiger partial charge on any atom is -0.497 e. The second kappa shape index (κ2) is 5.54. The van der Waals surface area contributed by atoms with Crippen LogP contribution in [0.1, 0.15) is 32.4 Å². The van der Waals surface area contributed by atoms with E-state index in [0.717, 1.165) is 11.3 Å². The van der Waals surface area contributed by atoms with Crippen LogP contribution in [0.15, 0.2) is 24.3 Å². The summed E-state index contributed by atoms with van der Waals surface area (Å²) in [6.07, 6.45) is 0. The molecule has 0 saturated carbocycles. The fraction of sp³-hybridized carbons (Fsp3) is 0.462. The normalized spacial score (nSPS) is 12.3. The molecule has 0 aliphatic rings. The summed E-state index contributed by atoms with van der Waals surface area (Å²) in [5.74, 6) is 0.912. The molecule has 3 heteroatoms. The maximum absolute atomic E-state index is 11.5. The zero-order valence-electron chi connectivity index (χ0n) is 10.3. The highest BCUT2D eigenvalue weighted by Crippen LogP contribution is 2.17. The molecule has 0 aliphatic carbocycles. The molecule has 0 radical (unpaired) electrons. The lowest BCUT2D eigenvalue weighted by molar-refractivity contribution is -0.124. The lowest BCUT2D eigenvalue weighted by Gasteiger charge is -2.16. The van der Waals surface area contributed by atoms with E-state index >= 15 is 0 Å². The van der Waals surface area contributed by atoms with E-state index in [1.807, 2.05) is 45.0 Å². The van der Waals surface area contributed by atoms with Crippen LogP contribution in [0.25, 0.3) is 0 Å². The van der Waals surface area contributed by atoms with E-state index in [2.05, 4.69) is 5.32 Å². The monoisotopic (exact) mass is 221 g/mol. The van der Waals surface area contributed by atoms with E-state index in [1.54, 1.807) is 7.11 Å². The van der Waals surface area contributed by atoms with Crippen LogP contribution in [0.4, 0.5) is 0 Å². The first-order chi connectivity index (χ1) is 7.54. The van der Waals surface area contributed by atoms with Gasteiger partial charge in [0.15, 0.2) is 0 Å². The summed E-state index contributed by atoms with van der Waals surface area (Å²) in [5, 5.41) is 2.95. The molecule has 1 N–H and O–H groups in total. The van der Waals surface area contributed by atoms with Gasteiger partial charge in [-0.2, -0.15) is 0 Å². The molecule has 0 fully saturated rings. The maximum atomic E-state index is 11.5. The summed E-state index contributed by atoms with van der Waals surface area (Å²) in [5.41, 5.74) is 1.08. The van der Waals surface area contributed by atoms with E-state index in [1.165, 1.54) is 0 Å². The van der Waals surface area contributed by atoms with Gasteiger partial charge in [-0.25, -0.2) is 0 Å². The molecule has 0 unspecified atom stereocenters. The van der Waals surface area contributed by atoms with Crippen LogP contribution in [0.2, 0.25) is 0 Å². The number of rotatable bonds is 4. The van der Waals surface area contributed by atoms with Gasteiger partial charge in [0, 0.05) is 5.92 Å². The van der Waals surface area contributed by atoms with E-state index in [-0.39, 0.29) is 17.9 Å². The van der Waals surface area contributed by atoms with Gasteiger partial charge in [-0.15, -0.1) is 0 Å². The third kappa shape index (κ3) is 3.26. The molecule has 1 aromatic carbocycles. The number of amides is 1. The van der Waals surface area contributed by atoms with Crippen molar-refractivity contribution >= 4 is 5.91 Å². The lowest BCUT2D eigenvalue weighted by Crippen LogP contribution is -2.30. The Morgan fingerprint density at radius 2 is 1.75 bits per heavy atom. The van der Waals surface area contributed by atoms with E-state index in [4.69, 9.17) is 4.74 Å². The van der Waals surface area contributed by atoms with Crippen LogP contribution >= 0.6 is 0 Å². The summed E-state index contributed by atoms with van der Waals surface area (Å²) in [4.78, 5) is 11.5. The number of carbonyl (C=O) groups is 1. The Hall–Kier alpha value is -1.51. The highest BCUT2D eigenvalue weighted by molar-refractivity contribution is 5.78. The van der Waals surface area contributed by atoms with Crippen molar-refractivity contribution in [2.24, 2.45) is 5.92 Å². The van der Waals surface area contributed by atoms with Gasteiger partial charge in [-0.1, -0.05) is 26.0 Å². The van der Waals surface area contributed by atoms with Gasteiger partial charge in [0.1, 0.15) is 5.75 Å². The standard InChI is InChI=1S/C13H19NO2/c1-9(2)13(15)14-10(3)11-5-7-12(16-4)8-6-11/h5-10H,1-4H3,(H,14,15)/t10-/m1/s1. The Bertz CT molecular complexity index is 343. The lowest BCUT2D eigenvalue weighted by atomic mass is 10.1. The SMILES string of the molecule is COc1ccc([C@@H](C)NC(=O)C(C)C)cc1. The van der Waals surface area contributed by atoms with Crippen molar-refractivity contribution in [1.82, 2.24) is 5.32 Å². The van der Waals surface area contributed by atoms with Crippen molar-refractivity contribution in [1.29, 1.82) is 0 Å². The summed E-state index contributed by atoms with van der Waals surface area (Å²) in [6, 6.07) is 7.75. The minimum absolute atomic E-state index is 0.0145. The molecule has 1 amide bonds. The van der Waals surface area contributed by atoms with E-state index < -0.39 is 0 Å². The molecule has 0 aromatic heterocycles. The predicted molar refractivity (Wildman–Crippen MR) is 64.4 cm³/mol. The quantitative estimate of drug-likeness (QED) is 0.848. The summed E-state index contributed by atoms with van der Waals surface area (Å²) < 4.78 is 5.08. The van der Waals surface area contributed by atoms with Crippen LogP contribution in [0, 0.1) is 5.92 Å². The average Bonchev–Trinajstić information content (AvgIpc) is 2.28. The van der Waals surface area contributed by atoms with Crippen molar-refractivity contribution in [3.8, 4) is 5.75 Å². The van der Waals surface area contributed by atoms with Crippen molar-refractivity contribution < 1.29 is 9.53 Å². The molecule has 1 atom stereocenters. The summed E-state index contributed by atoms with van der Waals surface area (Å²) in [7, 11) is 1.64. The highest BCUT2D eigenvalue weighted by atomic mass is 16.5. The smallest absolute Gasteiger partial charge is 0.223 e. The van der Waals surface area contributed by atoms with Gasteiger partial charge in [0.05, 0.1) is 13.2 Å². The van der Waals surface area contributed by atoms with Crippen molar-refractivity contribution in [3.05, 3.63) is 29.8 Å². The van der Waals surface area contributed by atoms with Gasteiger partial charge in [-0.05, 0) is 24.6 Å². The average molecular weight is 221 g/mol. The van der Waals surface area contributed by atoms with Gasteiger partial charge in [0.2, 0.25) is 5.91 Å². The first kappa shape index (κ1) is 12.6. The predicted octanol–water partition coefficient (Wildman–Crippen LogP) is 2.53. The minimum atomic E-state index is 0.0145. The zero-order chi connectivity index (χ0) is 12.1. The summed E-state index contributed by atoms with van der Waals surface area (Å²) >= 11 is 0. The number of methoxy groups -OCH3 is 1. The van der Waals surface area contributed by atoms with Crippen molar-refractivity contribution in [3.63, 3.8) is 0 Å². The molecule has 0 saturated heterocycles. The molecular weight excluding hydrogens is 202 g/mol. The maximum Gasteiger partial charge on any atom is 0.223 e. The number of ether oxygens (including phenoxy) is 1. The fourth-order valence-corrected chi connectivity index (χ4v) is 1.36. The van der Waals surface area contributed by atoms with Crippen molar-refractivity contribution in [2.45, 2.75) is 26.8 Å². The number of carbonyl (C=O) groups excluding carboxylic acids is 1. The molecule has 0 spiro atoms. The van der Waals surface area contributed by atoms with Crippen molar-refractivity contribution in [2.75, 3.05) is 7.11 Å². The van der Waals surface area contributed by atoms with Gasteiger partial charge < -0.3 is 10.1 Å². The molecule has 0 heterocycles. The molecule has 1 aromatic rings. The second-order valence-electron chi connectivity index (χ2n) is 4.16. The van der Waals surface area contributed by atoms with Crippen LogP contribution in [-0.4, -0.2) is 13.0 Å². The molecule has 16 heavy (non-hydrogen) atoms. The molecule has 1 rings (SSSR count). The zero-order valence-corrected chi connectivity index (χ0v) is 10.3. The molecule has 0 aliphatic heterocycles. The highest BCUT2D eigenvalue weighted by Gasteiger charge is 2.11. The summed E-state index contributed by atoms with van der Waals surface area (Å²) in [6.45, 7) is 5.74. The van der Waals surface area contributed by atoms with Crippen LogP contribution in [-0.2, 0) is 4.79 Å². The first-order valence-electron chi connectivity index (χ1n) is 5.49. The third-order valence-corrected chi connectivity index (χ3v) is 2.50. The molecule has 3 nitrogen and oxygen atoms in total. The van der Waals surface area contributed by atoms with E-state index in [9.17, 15) is 4.79 Å². The third-order valence-electron chi connectivity index (χ3n) is 2.50. The Labute approximate surface area is 96.8 Å². The Kier molecular flexibility index (Phi) is 4.35. The van der Waals surface area contributed by atoms with Crippen LogP contribution in [0.5, 0.6) is 5.75 Å². The number of hydrogen-bond donors (Lipinski definition) is 1. The van der Waals surface area contributed by atoms with Gasteiger partial charge in [-0.3, -0.25) is 4.79 Å². The van der Waals surface area contributed by atoms with E-state index in [0.29, 0.717) is 0 Å². The Balaban J connectivity index is 2.65. The van der Waals surface area contributed by atoms with Gasteiger partial charge >= 0.3 is 0 Å². The van der Waals surface area contributed by atoms with Crippen LogP contribution in [0.3, 0.4) is 0 Å². The van der Waals surface area contributed by atoms with Crippen LogP contribution < -0.4 is 10.1 Å². The Morgan fingerprint density at radius 1 is 1.19 bits per heavy atom. The molecule has 88 valence electrons. The fourth-order valence-electron chi connectivity index (χ4n) is 1.36. The second-order valence-corrected chi connectivity index (χ2v) is 4.16. The largest absolute Gasteiger partial charge is 0.497 e.